The summed E-state index contributed by atoms with van der Waals surface area (Å²) in [6.45, 7) is 2.06. The number of β-amino-alcohol motifs (C(OH)–C–C–N with tert-alkyl or cyclic N) is 1. The van der Waals surface area contributed by atoms with Crippen LogP contribution in [-0.4, -0.2) is 60.7 Å². The van der Waals surface area contributed by atoms with Crippen molar-refractivity contribution in [1.29, 1.82) is 0 Å². The van der Waals surface area contributed by atoms with Crippen molar-refractivity contribution in [1.82, 2.24) is 29.7 Å². The highest BCUT2D eigenvalue weighted by Crippen LogP contribution is 2.16. The number of nitrogens with zero attached hydrogens (tertiary/aromatic N) is 5. The van der Waals surface area contributed by atoms with Crippen molar-refractivity contribution in [3.05, 3.63) is 72.8 Å². The lowest BCUT2D eigenvalue weighted by Gasteiger charge is -2.36. The Balaban J connectivity index is 1.31. The Morgan fingerprint density at radius 1 is 1.18 bits per heavy atom. The summed E-state index contributed by atoms with van der Waals surface area (Å²) in [5.74, 6) is -0.305. The van der Waals surface area contributed by atoms with Crippen LogP contribution in [0.1, 0.15) is 22.5 Å². The van der Waals surface area contributed by atoms with Crippen molar-refractivity contribution in [2.24, 2.45) is 0 Å². The van der Waals surface area contributed by atoms with E-state index < -0.39 is 6.10 Å². The lowest BCUT2D eigenvalue weighted by molar-refractivity contribution is 0.0348. The van der Waals surface area contributed by atoms with Crippen molar-refractivity contribution in [2.75, 3.05) is 13.1 Å². The molecule has 8 heteroatoms. The predicted molar refractivity (Wildman–Crippen MR) is 103 cm³/mol. The molecule has 8 nitrogen and oxygen atoms in total. The molecule has 144 valence electrons. The average molecular weight is 378 g/mol. The van der Waals surface area contributed by atoms with Gasteiger partial charge in [-0.15, -0.1) is 0 Å². The Kier molecular flexibility index (Phi) is 5.41. The average Bonchev–Trinajstić information content (AvgIpc) is 3.26. The lowest BCUT2D eigenvalue weighted by atomic mass is 10.0. The molecule has 1 aliphatic rings. The van der Waals surface area contributed by atoms with Crippen molar-refractivity contribution in [3.8, 4) is 5.69 Å². The quantitative estimate of drug-likeness (QED) is 0.688. The number of aliphatic hydroxyl groups is 1. The summed E-state index contributed by atoms with van der Waals surface area (Å²) in [5.41, 5.74) is 2.50. The molecule has 4 rings (SSSR count). The zero-order valence-electron chi connectivity index (χ0n) is 15.3. The number of imidazole rings is 1. The molecule has 0 spiro atoms. The van der Waals surface area contributed by atoms with Gasteiger partial charge in [-0.3, -0.25) is 14.7 Å². The van der Waals surface area contributed by atoms with E-state index in [1.807, 2.05) is 10.8 Å². The van der Waals surface area contributed by atoms with Gasteiger partial charge in [-0.05, 0) is 24.1 Å². The number of hydrogen-bond acceptors (Lipinski definition) is 6. The Morgan fingerprint density at radius 3 is 2.71 bits per heavy atom. The van der Waals surface area contributed by atoms with Crippen LogP contribution < -0.4 is 5.32 Å². The first-order valence-corrected chi connectivity index (χ1v) is 9.23. The van der Waals surface area contributed by atoms with Crippen molar-refractivity contribution in [3.63, 3.8) is 0 Å². The number of aliphatic hydroxyl groups excluding tert-OH is 1. The van der Waals surface area contributed by atoms with Crippen LogP contribution in [0.15, 0.2) is 61.6 Å². The molecule has 0 aliphatic carbocycles. The van der Waals surface area contributed by atoms with Gasteiger partial charge in [0.25, 0.3) is 5.91 Å². The number of hydrogen-bond donors (Lipinski definition) is 2. The number of benzene rings is 1. The van der Waals surface area contributed by atoms with Crippen LogP contribution in [-0.2, 0) is 6.54 Å². The van der Waals surface area contributed by atoms with Gasteiger partial charge in [0.2, 0.25) is 0 Å². The third kappa shape index (κ3) is 4.24. The van der Waals surface area contributed by atoms with E-state index >= 15 is 0 Å². The maximum atomic E-state index is 12.2. The van der Waals surface area contributed by atoms with E-state index in [1.54, 1.807) is 12.5 Å². The van der Waals surface area contributed by atoms with E-state index in [1.165, 1.54) is 24.2 Å². The SMILES string of the molecule is O=C(NC1CCN(Cc2ccc(-n3ccnc3)cc2)CC1O)c1cnccn1. The molecule has 0 radical (unpaired) electrons. The minimum absolute atomic E-state index is 0.259. The Morgan fingerprint density at radius 2 is 2.04 bits per heavy atom. The van der Waals surface area contributed by atoms with Gasteiger partial charge in [-0.1, -0.05) is 12.1 Å². The summed E-state index contributed by atoms with van der Waals surface area (Å²) in [6.07, 6.45) is 9.90. The van der Waals surface area contributed by atoms with Crippen LogP contribution in [0, 0.1) is 0 Å². The number of rotatable bonds is 5. The van der Waals surface area contributed by atoms with Crippen molar-refractivity contribution >= 4 is 5.91 Å². The molecule has 3 heterocycles. The first-order valence-electron chi connectivity index (χ1n) is 9.23. The normalized spacial score (nSPS) is 20.0. The van der Waals surface area contributed by atoms with E-state index in [9.17, 15) is 9.90 Å². The minimum Gasteiger partial charge on any atom is -0.390 e. The smallest absolute Gasteiger partial charge is 0.271 e. The van der Waals surface area contributed by atoms with Gasteiger partial charge >= 0.3 is 0 Å². The third-order valence-electron chi connectivity index (χ3n) is 4.92. The van der Waals surface area contributed by atoms with Gasteiger partial charge in [0.1, 0.15) is 5.69 Å². The third-order valence-corrected chi connectivity index (χ3v) is 4.92. The van der Waals surface area contributed by atoms with Gasteiger partial charge in [0.05, 0.1) is 24.7 Å². The highest BCUT2D eigenvalue weighted by Gasteiger charge is 2.29. The van der Waals surface area contributed by atoms with E-state index in [-0.39, 0.29) is 17.6 Å². The van der Waals surface area contributed by atoms with E-state index in [4.69, 9.17) is 0 Å². The molecule has 1 aliphatic heterocycles. The zero-order valence-corrected chi connectivity index (χ0v) is 15.3. The molecule has 28 heavy (non-hydrogen) atoms. The summed E-state index contributed by atoms with van der Waals surface area (Å²) < 4.78 is 1.96. The van der Waals surface area contributed by atoms with Gasteiger partial charge in [0, 0.05) is 50.1 Å². The second-order valence-corrected chi connectivity index (χ2v) is 6.90. The fourth-order valence-corrected chi connectivity index (χ4v) is 3.41. The monoisotopic (exact) mass is 378 g/mol. The highest BCUT2D eigenvalue weighted by molar-refractivity contribution is 5.92. The van der Waals surface area contributed by atoms with Crippen LogP contribution in [0.5, 0.6) is 0 Å². The first-order chi connectivity index (χ1) is 13.7. The molecule has 1 amide bonds. The molecule has 0 saturated carbocycles. The Labute approximate surface area is 162 Å². The van der Waals surface area contributed by atoms with Crippen LogP contribution in [0.25, 0.3) is 5.69 Å². The second kappa shape index (κ2) is 8.28. The molecule has 1 fully saturated rings. The Hall–Kier alpha value is -3.10. The van der Waals surface area contributed by atoms with Crippen LogP contribution >= 0.6 is 0 Å². The summed E-state index contributed by atoms with van der Waals surface area (Å²) in [7, 11) is 0. The van der Waals surface area contributed by atoms with E-state index in [0.29, 0.717) is 13.0 Å². The lowest BCUT2D eigenvalue weighted by Crippen LogP contribution is -2.53. The fourth-order valence-electron chi connectivity index (χ4n) is 3.41. The number of piperidine rings is 1. The largest absolute Gasteiger partial charge is 0.390 e. The zero-order chi connectivity index (χ0) is 19.3. The second-order valence-electron chi connectivity index (χ2n) is 6.90. The molecule has 2 unspecified atom stereocenters. The minimum atomic E-state index is -0.625. The van der Waals surface area contributed by atoms with Crippen LogP contribution in [0.4, 0.5) is 0 Å². The maximum Gasteiger partial charge on any atom is 0.271 e. The van der Waals surface area contributed by atoms with Crippen molar-refractivity contribution in [2.45, 2.75) is 25.1 Å². The van der Waals surface area contributed by atoms with Gasteiger partial charge in [-0.25, -0.2) is 9.97 Å². The fraction of sp³-hybridized carbons (Fsp3) is 0.300. The molecule has 2 atom stereocenters. The summed E-state index contributed by atoms with van der Waals surface area (Å²) >= 11 is 0. The van der Waals surface area contributed by atoms with E-state index in [2.05, 4.69) is 49.4 Å². The standard InChI is InChI=1S/C20H22N6O2/c27-19-13-25(9-5-17(19)24-20(28)18-11-21-6-7-23-18)12-15-1-3-16(4-2-15)26-10-8-22-14-26/h1-4,6-8,10-11,14,17,19,27H,5,9,12-13H2,(H,24,28). The molecule has 3 aromatic rings. The molecule has 0 bridgehead atoms. The number of amides is 1. The molecular weight excluding hydrogens is 356 g/mol. The summed E-state index contributed by atoms with van der Waals surface area (Å²) in [5, 5.41) is 13.3. The number of carbonyl (C=O) groups is 1. The number of likely N-dealkylation sites (tertiary alicyclic amines) is 1. The van der Waals surface area contributed by atoms with E-state index in [0.717, 1.165) is 18.8 Å². The molecular formula is C20H22N6O2. The van der Waals surface area contributed by atoms with Gasteiger partial charge in [-0.2, -0.15) is 0 Å². The summed E-state index contributed by atoms with van der Waals surface area (Å²) in [4.78, 5) is 26.4. The topological polar surface area (TPSA) is 96.2 Å². The molecule has 1 saturated heterocycles. The first kappa shape index (κ1) is 18.3. The van der Waals surface area contributed by atoms with Crippen molar-refractivity contribution < 1.29 is 9.90 Å². The van der Waals surface area contributed by atoms with Gasteiger partial charge in [0.15, 0.2) is 0 Å². The predicted octanol–water partition coefficient (Wildman–Crippen LogP) is 1.03. The van der Waals surface area contributed by atoms with Gasteiger partial charge < -0.3 is 15.0 Å². The molecule has 2 N–H and O–H groups in total. The Bertz CT molecular complexity index is 898. The summed E-state index contributed by atoms with van der Waals surface area (Å²) in [6, 6.07) is 8.00. The highest BCUT2D eigenvalue weighted by atomic mass is 16.3. The molecule has 2 aromatic heterocycles. The number of nitrogens with one attached hydrogen (secondary N) is 1. The number of aromatic nitrogens is 4. The van der Waals surface area contributed by atoms with Crippen LogP contribution in [0.2, 0.25) is 0 Å². The maximum absolute atomic E-state index is 12.2. The van der Waals surface area contributed by atoms with Crippen LogP contribution in [0.3, 0.4) is 0 Å². The molecule has 1 aromatic carbocycles. The number of carbonyl (C=O) groups excluding carboxylic acids is 1.